The SMILES string of the molecule is Cc1ccc(Cn2ncc3c2CCc2c-3sc(NC(N)=O)c2C(N)=O)cc1. The Morgan fingerprint density at radius 1 is 1.22 bits per heavy atom. The number of rotatable bonds is 4. The largest absolute Gasteiger partial charge is 0.365 e. The number of nitrogens with two attached hydrogens (primary N) is 2. The molecule has 0 saturated carbocycles. The normalized spacial score (nSPS) is 12.3. The van der Waals surface area contributed by atoms with Gasteiger partial charge in [-0.3, -0.25) is 14.8 Å². The Kier molecular flexibility index (Phi) is 4.19. The second kappa shape index (κ2) is 6.55. The van der Waals surface area contributed by atoms with Gasteiger partial charge in [0, 0.05) is 16.1 Å². The van der Waals surface area contributed by atoms with Gasteiger partial charge in [-0.1, -0.05) is 29.8 Å². The molecule has 1 aromatic carbocycles. The van der Waals surface area contributed by atoms with Crippen LogP contribution < -0.4 is 16.8 Å². The van der Waals surface area contributed by atoms with Crippen molar-refractivity contribution in [1.29, 1.82) is 0 Å². The summed E-state index contributed by atoms with van der Waals surface area (Å²) in [6.45, 7) is 2.75. The van der Waals surface area contributed by atoms with E-state index in [2.05, 4.69) is 41.6 Å². The third-order valence-corrected chi connectivity index (χ3v) is 5.93. The maximum atomic E-state index is 11.9. The smallest absolute Gasteiger partial charge is 0.317 e. The minimum Gasteiger partial charge on any atom is -0.365 e. The fourth-order valence-electron chi connectivity index (χ4n) is 3.49. The van der Waals surface area contributed by atoms with E-state index in [1.165, 1.54) is 22.5 Å². The fourth-order valence-corrected chi connectivity index (χ4v) is 4.78. The number of carbonyl (C=O) groups is 2. The van der Waals surface area contributed by atoms with E-state index in [0.717, 1.165) is 28.1 Å². The molecule has 3 aromatic rings. The summed E-state index contributed by atoms with van der Waals surface area (Å²) in [5.41, 5.74) is 16.5. The van der Waals surface area contributed by atoms with Gasteiger partial charge in [0.05, 0.1) is 18.3 Å². The predicted octanol–water partition coefficient (Wildman–Crippen LogP) is 2.66. The van der Waals surface area contributed by atoms with Gasteiger partial charge < -0.3 is 11.5 Å². The Hall–Kier alpha value is -3.13. The summed E-state index contributed by atoms with van der Waals surface area (Å²) in [5.74, 6) is -0.563. The van der Waals surface area contributed by atoms with Crippen molar-refractivity contribution < 1.29 is 9.59 Å². The van der Waals surface area contributed by atoms with Crippen molar-refractivity contribution in [3.8, 4) is 10.4 Å². The maximum Gasteiger partial charge on any atom is 0.317 e. The van der Waals surface area contributed by atoms with Crippen LogP contribution >= 0.6 is 11.3 Å². The molecule has 27 heavy (non-hydrogen) atoms. The Bertz CT molecular complexity index is 1050. The van der Waals surface area contributed by atoms with Crippen molar-refractivity contribution in [2.24, 2.45) is 11.5 Å². The molecule has 0 radical (unpaired) electrons. The average Bonchev–Trinajstić information content (AvgIpc) is 3.17. The second-order valence-corrected chi connectivity index (χ2v) is 7.64. The van der Waals surface area contributed by atoms with Crippen LogP contribution in [-0.2, 0) is 19.4 Å². The highest BCUT2D eigenvalue weighted by atomic mass is 32.1. The van der Waals surface area contributed by atoms with Crippen LogP contribution in [0.25, 0.3) is 10.4 Å². The molecular formula is C19H19N5O2S. The van der Waals surface area contributed by atoms with E-state index in [9.17, 15) is 9.59 Å². The summed E-state index contributed by atoms with van der Waals surface area (Å²) in [4.78, 5) is 24.1. The molecule has 0 aliphatic heterocycles. The van der Waals surface area contributed by atoms with Crippen molar-refractivity contribution in [1.82, 2.24) is 9.78 Å². The minimum absolute atomic E-state index is 0.353. The number of thiophene rings is 1. The first-order valence-corrected chi connectivity index (χ1v) is 9.38. The third-order valence-electron chi connectivity index (χ3n) is 4.75. The van der Waals surface area contributed by atoms with E-state index >= 15 is 0 Å². The van der Waals surface area contributed by atoms with E-state index < -0.39 is 11.9 Å². The molecular weight excluding hydrogens is 362 g/mol. The van der Waals surface area contributed by atoms with Gasteiger partial charge in [-0.15, -0.1) is 11.3 Å². The first-order valence-electron chi connectivity index (χ1n) is 8.56. The quantitative estimate of drug-likeness (QED) is 0.645. The van der Waals surface area contributed by atoms with E-state index in [4.69, 9.17) is 11.5 Å². The minimum atomic E-state index is -0.716. The zero-order valence-corrected chi connectivity index (χ0v) is 15.6. The summed E-state index contributed by atoms with van der Waals surface area (Å²) in [5, 5.41) is 7.48. The Morgan fingerprint density at radius 2 is 1.96 bits per heavy atom. The molecule has 0 bridgehead atoms. The predicted molar refractivity (Wildman–Crippen MR) is 105 cm³/mol. The van der Waals surface area contributed by atoms with Gasteiger partial charge in [0.15, 0.2) is 0 Å². The lowest BCUT2D eigenvalue weighted by Crippen LogP contribution is -2.22. The lowest BCUT2D eigenvalue weighted by Gasteiger charge is -2.15. The van der Waals surface area contributed by atoms with Crippen LogP contribution in [0.4, 0.5) is 9.80 Å². The fraction of sp³-hybridized carbons (Fsp3) is 0.211. The van der Waals surface area contributed by atoms with E-state index in [-0.39, 0.29) is 0 Å². The number of urea groups is 1. The highest BCUT2D eigenvalue weighted by molar-refractivity contribution is 7.20. The summed E-state index contributed by atoms with van der Waals surface area (Å²) in [7, 11) is 0. The van der Waals surface area contributed by atoms with Crippen LogP contribution in [0.15, 0.2) is 30.5 Å². The van der Waals surface area contributed by atoms with Crippen LogP contribution in [-0.4, -0.2) is 21.7 Å². The van der Waals surface area contributed by atoms with Crippen LogP contribution in [0.3, 0.4) is 0 Å². The molecule has 8 heteroatoms. The number of fused-ring (bicyclic) bond motifs is 3. The summed E-state index contributed by atoms with van der Waals surface area (Å²) < 4.78 is 1.99. The number of primary amides is 2. The van der Waals surface area contributed by atoms with Gasteiger partial charge in [-0.2, -0.15) is 5.10 Å². The van der Waals surface area contributed by atoms with Crippen molar-refractivity contribution in [3.63, 3.8) is 0 Å². The monoisotopic (exact) mass is 381 g/mol. The molecule has 0 spiro atoms. The summed E-state index contributed by atoms with van der Waals surface area (Å²) in [6.07, 6.45) is 3.23. The van der Waals surface area contributed by atoms with E-state index in [1.807, 2.05) is 10.9 Å². The molecule has 2 heterocycles. The van der Waals surface area contributed by atoms with Gasteiger partial charge in [-0.05, 0) is 30.9 Å². The molecule has 5 N–H and O–H groups in total. The topological polar surface area (TPSA) is 116 Å². The maximum absolute atomic E-state index is 11.9. The molecule has 138 valence electrons. The highest BCUT2D eigenvalue weighted by Gasteiger charge is 2.29. The van der Waals surface area contributed by atoms with Crippen LogP contribution in [0.5, 0.6) is 0 Å². The van der Waals surface area contributed by atoms with Gasteiger partial charge >= 0.3 is 6.03 Å². The highest BCUT2D eigenvalue weighted by Crippen LogP contribution is 2.45. The van der Waals surface area contributed by atoms with Crippen molar-refractivity contribution in [2.75, 3.05) is 5.32 Å². The van der Waals surface area contributed by atoms with E-state index in [1.54, 1.807) is 0 Å². The number of anilines is 1. The molecule has 0 fully saturated rings. The molecule has 2 aromatic heterocycles. The number of amides is 3. The number of carbonyl (C=O) groups excluding carboxylic acids is 2. The zero-order valence-electron chi connectivity index (χ0n) is 14.8. The van der Waals surface area contributed by atoms with Crippen LogP contribution in [0, 0.1) is 6.92 Å². The number of nitrogens with one attached hydrogen (secondary N) is 1. The zero-order chi connectivity index (χ0) is 19.1. The second-order valence-electron chi connectivity index (χ2n) is 6.62. The van der Waals surface area contributed by atoms with Crippen LogP contribution in [0.2, 0.25) is 0 Å². The number of hydrogen-bond donors (Lipinski definition) is 3. The number of nitrogens with zero attached hydrogens (tertiary/aromatic N) is 2. The Morgan fingerprint density at radius 3 is 2.63 bits per heavy atom. The number of aryl methyl sites for hydroxylation is 1. The number of aromatic nitrogens is 2. The van der Waals surface area contributed by atoms with Crippen molar-refractivity contribution >= 4 is 28.3 Å². The Balaban J connectivity index is 1.74. The molecule has 0 saturated heterocycles. The molecule has 7 nitrogen and oxygen atoms in total. The molecule has 1 aliphatic carbocycles. The molecule has 0 atom stereocenters. The number of hydrogen-bond acceptors (Lipinski definition) is 4. The average molecular weight is 381 g/mol. The molecule has 1 aliphatic rings. The first kappa shape index (κ1) is 17.3. The summed E-state index contributed by atoms with van der Waals surface area (Å²) >= 11 is 1.32. The van der Waals surface area contributed by atoms with E-state index in [0.29, 0.717) is 23.5 Å². The molecule has 0 unspecified atom stereocenters. The van der Waals surface area contributed by atoms with Crippen molar-refractivity contribution in [3.05, 3.63) is 58.4 Å². The van der Waals surface area contributed by atoms with Gasteiger partial charge in [0.2, 0.25) is 0 Å². The van der Waals surface area contributed by atoms with Gasteiger partial charge in [-0.25, -0.2) is 4.79 Å². The third kappa shape index (κ3) is 3.08. The summed E-state index contributed by atoms with van der Waals surface area (Å²) in [6, 6.07) is 7.66. The van der Waals surface area contributed by atoms with Crippen molar-refractivity contribution in [2.45, 2.75) is 26.3 Å². The van der Waals surface area contributed by atoms with Gasteiger partial charge in [0.1, 0.15) is 5.00 Å². The number of benzene rings is 1. The van der Waals surface area contributed by atoms with Gasteiger partial charge in [0.25, 0.3) is 5.91 Å². The molecule has 4 rings (SSSR count). The first-order chi connectivity index (χ1) is 12.9. The Labute approximate surface area is 160 Å². The molecule has 3 amide bonds. The lowest BCUT2D eigenvalue weighted by molar-refractivity contribution is 0.100. The van der Waals surface area contributed by atoms with Crippen LogP contribution in [0.1, 0.15) is 32.7 Å². The lowest BCUT2D eigenvalue weighted by atomic mass is 9.93. The standard InChI is InChI=1S/C19H19N5O2S/c1-10-2-4-11(5-3-10)9-24-14-7-6-12-15(17(20)25)18(23-19(21)26)27-16(12)13(14)8-22-24/h2-5,8H,6-7,9H2,1H3,(H2,20,25)(H3,21,23,26).